The van der Waals surface area contributed by atoms with Gasteiger partial charge in [-0.05, 0) is 64.2 Å². The Balaban J connectivity index is 1.54. The maximum atomic E-state index is 5.89. The Morgan fingerprint density at radius 2 is 1.94 bits per heavy atom. The van der Waals surface area contributed by atoms with E-state index in [9.17, 15) is 0 Å². The molecule has 0 amide bonds. The molecule has 31 heavy (non-hydrogen) atoms. The number of hydrogen-bond donors (Lipinski definition) is 0. The summed E-state index contributed by atoms with van der Waals surface area (Å²) in [6.07, 6.45) is 4.40. The summed E-state index contributed by atoms with van der Waals surface area (Å²) in [5.74, 6) is 0.556. The molecule has 0 saturated heterocycles. The fourth-order valence-electron chi connectivity index (χ4n) is 3.60. The number of halogens is 1. The molecule has 0 bridgehead atoms. The Morgan fingerprint density at radius 1 is 1.16 bits per heavy atom. The molecule has 0 atom stereocenters. The monoisotopic (exact) mass is 439 g/mol. The highest BCUT2D eigenvalue weighted by atomic mass is 35.5. The maximum Gasteiger partial charge on any atom is 0.192 e. The van der Waals surface area contributed by atoms with Crippen LogP contribution in [0.4, 0.5) is 0 Å². The minimum atomic E-state index is 0.175. The second-order valence-corrected chi connectivity index (χ2v) is 8.25. The number of hydrogen-bond acceptors (Lipinski definition) is 6. The number of nitrogens with zero attached hydrogens (tertiary/aromatic N) is 7. The molecule has 8 nitrogen and oxygen atoms in total. The van der Waals surface area contributed by atoms with Gasteiger partial charge in [-0.3, -0.25) is 0 Å². The van der Waals surface area contributed by atoms with Gasteiger partial charge in [-0.1, -0.05) is 28.9 Å². The molecule has 0 radical (unpaired) electrons. The van der Waals surface area contributed by atoms with Crippen LogP contribution in [0.5, 0.6) is 0 Å². The van der Waals surface area contributed by atoms with Gasteiger partial charge in [0.2, 0.25) is 0 Å². The molecule has 9 heteroatoms. The zero-order valence-corrected chi connectivity index (χ0v) is 19.0. The van der Waals surface area contributed by atoms with Crippen LogP contribution < -0.4 is 0 Å². The molecule has 0 aliphatic rings. The summed E-state index contributed by atoms with van der Waals surface area (Å²) in [6.45, 7) is 6.37. The van der Waals surface area contributed by atoms with Crippen LogP contribution in [0, 0.1) is 13.8 Å². The van der Waals surface area contributed by atoms with Crippen molar-refractivity contribution in [2.24, 2.45) is 5.16 Å². The van der Waals surface area contributed by atoms with Crippen molar-refractivity contribution >= 4 is 34.5 Å². The molecule has 0 aliphatic carbocycles. The van der Waals surface area contributed by atoms with Crippen molar-refractivity contribution in [3.8, 4) is 0 Å². The molecule has 0 aliphatic heterocycles. The van der Waals surface area contributed by atoms with Crippen LogP contribution in [0.25, 0.3) is 16.7 Å². The summed E-state index contributed by atoms with van der Waals surface area (Å²) in [7, 11) is 4.18. The van der Waals surface area contributed by atoms with Crippen molar-refractivity contribution in [3.05, 3.63) is 58.3 Å². The summed E-state index contributed by atoms with van der Waals surface area (Å²) in [6, 6.07) is 7.35. The fraction of sp³-hybridized carbons (Fsp3) is 0.364. The van der Waals surface area contributed by atoms with E-state index in [0.29, 0.717) is 10.8 Å². The van der Waals surface area contributed by atoms with Crippen molar-refractivity contribution in [1.29, 1.82) is 0 Å². The first-order valence-corrected chi connectivity index (χ1v) is 10.6. The Kier molecular flexibility index (Phi) is 6.20. The molecule has 3 heterocycles. The van der Waals surface area contributed by atoms with Crippen LogP contribution in [0.1, 0.15) is 29.1 Å². The van der Waals surface area contributed by atoms with Crippen LogP contribution in [-0.4, -0.2) is 55.9 Å². The normalized spacial score (nSPS) is 12.1. The third-order valence-electron chi connectivity index (χ3n) is 5.32. The summed E-state index contributed by atoms with van der Waals surface area (Å²) >= 11 is 5.89. The second kappa shape index (κ2) is 9.03. The number of fused-ring (bicyclic) bond motifs is 3. The van der Waals surface area contributed by atoms with Crippen molar-refractivity contribution in [1.82, 2.24) is 29.0 Å². The van der Waals surface area contributed by atoms with Crippen LogP contribution in [0.15, 0.2) is 35.7 Å². The van der Waals surface area contributed by atoms with Crippen LogP contribution >= 0.6 is 11.6 Å². The second-order valence-electron chi connectivity index (χ2n) is 7.82. The third kappa shape index (κ3) is 4.55. The molecule has 0 spiro atoms. The number of aromatic nitrogens is 5. The topological polar surface area (TPSA) is 72.8 Å². The highest BCUT2D eigenvalue weighted by molar-refractivity contribution is 6.30. The predicted molar refractivity (Wildman–Crippen MR) is 123 cm³/mol. The van der Waals surface area contributed by atoms with E-state index < -0.39 is 0 Å². The SMILES string of the molecule is Cc1c(C)n(CCCN(C)C)c2ncn3nc(CO/N=C/c4ccc(Cl)cc4)nc3c12. The number of benzene rings is 1. The molecular weight excluding hydrogens is 414 g/mol. The molecule has 1 aromatic carbocycles. The summed E-state index contributed by atoms with van der Waals surface area (Å²) in [5.41, 5.74) is 5.03. The van der Waals surface area contributed by atoms with Gasteiger partial charge in [0.1, 0.15) is 12.0 Å². The Bertz CT molecular complexity index is 1220. The minimum absolute atomic E-state index is 0.175. The molecule has 162 valence electrons. The average Bonchev–Trinajstić information content (AvgIpc) is 3.26. The average molecular weight is 440 g/mol. The van der Waals surface area contributed by atoms with Gasteiger partial charge < -0.3 is 14.3 Å². The van der Waals surface area contributed by atoms with E-state index in [-0.39, 0.29) is 6.61 Å². The summed E-state index contributed by atoms with van der Waals surface area (Å²) < 4.78 is 3.98. The van der Waals surface area contributed by atoms with Gasteiger partial charge in [0.15, 0.2) is 18.1 Å². The molecule has 3 aromatic heterocycles. The van der Waals surface area contributed by atoms with E-state index in [1.165, 1.54) is 11.3 Å². The Morgan fingerprint density at radius 3 is 2.68 bits per heavy atom. The Hall–Kier alpha value is -2.97. The van der Waals surface area contributed by atoms with E-state index in [4.69, 9.17) is 21.4 Å². The standard InChI is InChI=1S/C22H26ClN7O/c1-15-16(2)29(11-5-10-28(3)4)21-20(15)22-26-19(27-30(22)14-24-21)13-31-25-12-17-6-8-18(23)9-7-17/h6-9,12,14H,5,10-11,13H2,1-4H3/b25-12+. The van der Waals surface area contributed by atoms with E-state index >= 15 is 0 Å². The first kappa shape index (κ1) is 21.3. The van der Waals surface area contributed by atoms with E-state index in [2.05, 4.69) is 52.6 Å². The summed E-state index contributed by atoms with van der Waals surface area (Å²) in [4.78, 5) is 17.0. The van der Waals surface area contributed by atoms with Crippen molar-refractivity contribution in [3.63, 3.8) is 0 Å². The molecule has 4 rings (SSSR count). The Labute approximate surface area is 186 Å². The quantitative estimate of drug-likeness (QED) is 0.308. The molecule has 0 fully saturated rings. The van der Waals surface area contributed by atoms with E-state index in [1.54, 1.807) is 17.1 Å². The smallest absolute Gasteiger partial charge is 0.192 e. The van der Waals surface area contributed by atoms with Crippen LogP contribution in [0.3, 0.4) is 0 Å². The van der Waals surface area contributed by atoms with E-state index in [0.717, 1.165) is 41.8 Å². The van der Waals surface area contributed by atoms with Crippen LogP contribution in [0.2, 0.25) is 5.02 Å². The van der Waals surface area contributed by atoms with Crippen molar-refractivity contribution < 1.29 is 4.84 Å². The van der Waals surface area contributed by atoms with Crippen molar-refractivity contribution in [2.75, 3.05) is 20.6 Å². The van der Waals surface area contributed by atoms with Crippen LogP contribution in [-0.2, 0) is 18.0 Å². The van der Waals surface area contributed by atoms with Gasteiger partial charge in [-0.25, -0.2) is 14.5 Å². The highest BCUT2D eigenvalue weighted by Crippen LogP contribution is 2.27. The fourth-order valence-corrected chi connectivity index (χ4v) is 3.72. The van der Waals surface area contributed by atoms with Gasteiger partial charge >= 0.3 is 0 Å². The number of rotatable bonds is 8. The lowest BCUT2D eigenvalue weighted by molar-refractivity contribution is 0.126. The van der Waals surface area contributed by atoms with Gasteiger partial charge in [0, 0.05) is 17.3 Å². The predicted octanol–water partition coefficient (Wildman–Crippen LogP) is 3.85. The lowest BCUT2D eigenvalue weighted by atomic mass is 10.2. The molecule has 4 aromatic rings. The molecule has 0 N–H and O–H groups in total. The highest BCUT2D eigenvalue weighted by Gasteiger charge is 2.18. The van der Waals surface area contributed by atoms with Gasteiger partial charge in [-0.15, -0.1) is 5.10 Å². The molecule has 0 saturated carbocycles. The minimum Gasteiger partial charge on any atom is -0.387 e. The zero-order valence-electron chi connectivity index (χ0n) is 18.2. The summed E-state index contributed by atoms with van der Waals surface area (Å²) in [5, 5.41) is 10.2. The maximum absolute atomic E-state index is 5.89. The third-order valence-corrected chi connectivity index (χ3v) is 5.57. The lowest BCUT2D eigenvalue weighted by Crippen LogP contribution is -2.15. The lowest BCUT2D eigenvalue weighted by Gasteiger charge is -2.11. The van der Waals surface area contributed by atoms with Gasteiger partial charge in [0.25, 0.3) is 0 Å². The largest absolute Gasteiger partial charge is 0.387 e. The number of aryl methyl sites for hydroxylation is 2. The first-order valence-electron chi connectivity index (χ1n) is 10.2. The van der Waals surface area contributed by atoms with Gasteiger partial charge in [0.05, 0.1) is 11.6 Å². The van der Waals surface area contributed by atoms with Gasteiger partial charge in [-0.2, -0.15) is 0 Å². The van der Waals surface area contributed by atoms with Crippen molar-refractivity contribution in [2.45, 2.75) is 33.4 Å². The first-order chi connectivity index (χ1) is 14.9. The molecular formula is C22H26ClN7O. The van der Waals surface area contributed by atoms with E-state index in [1.807, 2.05) is 24.3 Å². The number of oxime groups is 1. The molecule has 0 unspecified atom stereocenters. The zero-order chi connectivity index (χ0) is 22.0.